The minimum absolute atomic E-state index is 0.0291. The van der Waals surface area contributed by atoms with Crippen LogP contribution >= 0.6 is 11.8 Å². The van der Waals surface area contributed by atoms with Crippen LogP contribution in [0.2, 0.25) is 0 Å². The van der Waals surface area contributed by atoms with Gasteiger partial charge in [-0.05, 0) is 48.2 Å². The molecule has 150 valence electrons. The molecule has 2 aromatic carbocycles. The van der Waals surface area contributed by atoms with Crippen molar-refractivity contribution >= 4 is 39.9 Å². The van der Waals surface area contributed by atoms with E-state index in [0.717, 1.165) is 37.5 Å². The number of nitrogens with zero attached hydrogens (tertiary/aromatic N) is 3. The normalized spacial score (nSPS) is 14.1. The first-order valence-corrected chi connectivity index (χ1v) is 11.0. The van der Waals surface area contributed by atoms with Gasteiger partial charge in [-0.1, -0.05) is 30.3 Å². The van der Waals surface area contributed by atoms with Gasteiger partial charge in [-0.3, -0.25) is 10.1 Å². The van der Waals surface area contributed by atoms with E-state index in [1.807, 2.05) is 12.1 Å². The summed E-state index contributed by atoms with van der Waals surface area (Å²) >= 11 is 1.73. The molecule has 1 fully saturated rings. The summed E-state index contributed by atoms with van der Waals surface area (Å²) in [5.74, 6) is 1.97. The van der Waals surface area contributed by atoms with Gasteiger partial charge >= 0.3 is 5.69 Å². The highest BCUT2D eigenvalue weighted by molar-refractivity contribution is 7.99. The molecule has 1 aliphatic rings. The lowest BCUT2D eigenvalue weighted by molar-refractivity contribution is -0.384. The minimum atomic E-state index is -0.369. The van der Waals surface area contributed by atoms with Crippen molar-refractivity contribution < 1.29 is 4.92 Å². The van der Waals surface area contributed by atoms with Gasteiger partial charge in [0.05, 0.1) is 4.92 Å². The van der Waals surface area contributed by atoms with E-state index < -0.39 is 0 Å². The molecule has 0 unspecified atom stereocenters. The van der Waals surface area contributed by atoms with Crippen LogP contribution in [0.15, 0.2) is 59.5 Å². The molecule has 7 heteroatoms. The predicted molar refractivity (Wildman–Crippen MR) is 120 cm³/mol. The average molecular weight is 409 g/mol. The van der Waals surface area contributed by atoms with Gasteiger partial charge in [0.2, 0.25) is 5.82 Å². The second kappa shape index (κ2) is 9.13. The summed E-state index contributed by atoms with van der Waals surface area (Å²) < 4.78 is 0. The number of thioether (sulfide) groups is 1. The Balaban J connectivity index is 1.40. The standard InChI is InChI=1S/C22H24N4O2S/c27-26(28)20-10-11-21(25-13-4-1-5-14-25)24-22(20)23-12-15-29-19-9-8-17-6-2-3-7-18(17)16-19/h2-3,6-11,16H,1,4-5,12-15H2,(H,23,24). The zero-order valence-corrected chi connectivity index (χ0v) is 17.0. The number of piperidine rings is 1. The molecule has 4 rings (SSSR count). The highest BCUT2D eigenvalue weighted by atomic mass is 32.2. The fourth-order valence-corrected chi connectivity index (χ4v) is 4.43. The predicted octanol–water partition coefficient (Wildman–Crippen LogP) is 5.34. The van der Waals surface area contributed by atoms with Crippen molar-refractivity contribution in [2.75, 3.05) is 35.6 Å². The third-order valence-electron chi connectivity index (χ3n) is 5.12. The number of nitrogens with one attached hydrogen (secondary N) is 1. The zero-order chi connectivity index (χ0) is 20.1. The van der Waals surface area contributed by atoms with E-state index in [-0.39, 0.29) is 10.6 Å². The highest BCUT2D eigenvalue weighted by Gasteiger charge is 2.19. The van der Waals surface area contributed by atoms with E-state index in [1.54, 1.807) is 23.9 Å². The summed E-state index contributed by atoms with van der Waals surface area (Å²) in [6.07, 6.45) is 3.52. The smallest absolute Gasteiger partial charge is 0.311 e. The Hall–Kier alpha value is -2.80. The van der Waals surface area contributed by atoms with Gasteiger partial charge in [0.1, 0.15) is 5.82 Å². The van der Waals surface area contributed by atoms with Crippen LogP contribution in [0, 0.1) is 10.1 Å². The highest BCUT2D eigenvalue weighted by Crippen LogP contribution is 2.28. The molecule has 0 radical (unpaired) electrons. The van der Waals surface area contributed by atoms with Crippen LogP contribution in [-0.2, 0) is 0 Å². The summed E-state index contributed by atoms with van der Waals surface area (Å²) in [5, 5.41) is 17.0. The van der Waals surface area contributed by atoms with Crippen molar-refractivity contribution in [3.05, 3.63) is 64.7 Å². The number of anilines is 2. The molecule has 0 atom stereocenters. The first kappa shape index (κ1) is 19.5. The van der Waals surface area contributed by atoms with Crippen LogP contribution in [-0.4, -0.2) is 35.3 Å². The fourth-order valence-electron chi connectivity index (χ4n) is 3.61. The zero-order valence-electron chi connectivity index (χ0n) is 16.2. The molecule has 1 aromatic heterocycles. The summed E-state index contributed by atoms with van der Waals surface area (Å²) in [4.78, 5) is 19.0. The summed E-state index contributed by atoms with van der Waals surface area (Å²) in [6.45, 7) is 2.53. The number of nitro groups is 1. The number of hydrogen-bond acceptors (Lipinski definition) is 6. The van der Waals surface area contributed by atoms with E-state index in [9.17, 15) is 10.1 Å². The van der Waals surface area contributed by atoms with E-state index in [2.05, 4.69) is 45.5 Å². The van der Waals surface area contributed by atoms with Crippen molar-refractivity contribution in [1.29, 1.82) is 0 Å². The quantitative estimate of drug-likeness (QED) is 0.246. The summed E-state index contributed by atoms with van der Waals surface area (Å²) in [5.41, 5.74) is 0.0291. The van der Waals surface area contributed by atoms with Gasteiger partial charge in [-0.15, -0.1) is 11.8 Å². The summed E-state index contributed by atoms with van der Waals surface area (Å²) in [7, 11) is 0. The van der Waals surface area contributed by atoms with Gasteiger partial charge in [-0.25, -0.2) is 4.98 Å². The van der Waals surface area contributed by atoms with Crippen LogP contribution in [0.3, 0.4) is 0 Å². The van der Waals surface area contributed by atoms with Crippen molar-refractivity contribution in [2.45, 2.75) is 24.2 Å². The topological polar surface area (TPSA) is 71.3 Å². The first-order valence-electron chi connectivity index (χ1n) is 9.96. The third kappa shape index (κ3) is 4.79. The minimum Gasteiger partial charge on any atom is -0.363 e. The van der Waals surface area contributed by atoms with Gasteiger partial charge < -0.3 is 10.2 Å². The molecule has 0 amide bonds. The second-order valence-electron chi connectivity index (χ2n) is 7.13. The van der Waals surface area contributed by atoms with E-state index in [0.29, 0.717) is 12.4 Å². The molecular weight excluding hydrogens is 384 g/mol. The molecule has 0 bridgehead atoms. The Bertz CT molecular complexity index is 1010. The second-order valence-corrected chi connectivity index (χ2v) is 8.29. The maximum absolute atomic E-state index is 11.4. The molecule has 2 heterocycles. The molecule has 1 aliphatic heterocycles. The molecule has 6 nitrogen and oxygen atoms in total. The average Bonchev–Trinajstić information content (AvgIpc) is 2.77. The van der Waals surface area contributed by atoms with Crippen LogP contribution in [0.25, 0.3) is 10.8 Å². The van der Waals surface area contributed by atoms with Crippen LogP contribution in [0.4, 0.5) is 17.3 Å². The first-order chi connectivity index (χ1) is 14.2. The van der Waals surface area contributed by atoms with Gasteiger partial charge in [0.15, 0.2) is 0 Å². The van der Waals surface area contributed by atoms with Gasteiger partial charge in [0.25, 0.3) is 0 Å². The van der Waals surface area contributed by atoms with Crippen molar-refractivity contribution in [2.24, 2.45) is 0 Å². The maximum atomic E-state index is 11.4. The number of hydrogen-bond donors (Lipinski definition) is 1. The third-order valence-corrected chi connectivity index (χ3v) is 6.12. The van der Waals surface area contributed by atoms with Crippen molar-refractivity contribution in [1.82, 2.24) is 4.98 Å². The fraction of sp³-hybridized carbons (Fsp3) is 0.318. The van der Waals surface area contributed by atoms with E-state index in [4.69, 9.17) is 0 Å². The molecular formula is C22H24N4O2S. The molecule has 0 saturated carbocycles. The lowest BCUT2D eigenvalue weighted by Gasteiger charge is -2.27. The Morgan fingerprint density at radius 3 is 2.62 bits per heavy atom. The molecule has 1 N–H and O–H groups in total. The Kier molecular flexibility index (Phi) is 6.14. The monoisotopic (exact) mass is 408 g/mol. The van der Waals surface area contributed by atoms with E-state index in [1.165, 1.54) is 22.1 Å². The van der Waals surface area contributed by atoms with Crippen molar-refractivity contribution in [3.8, 4) is 0 Å². The maximum Gasteiger partial charge on any atom is 0.311 e. The number of benzene rings is 2. The lowest BCUT2D eigenvalue weighted by Crippen LogP contribution is -2.30. The van der Waals surface area contributed by atoms with E-state index >= 15 is 0 Å². The molecule has 3 aromatic rings. The Morgan fingerprint density at radius 1 is 1.03 bits per heavy atom. The SMILES string of the molecule is O=[N+]([O-])c1ccc(N2CCCCC2)nc1NCCSc1ccc2ccccc2c1. The van der Waals surface area contributed by atoms with Gasteiger partial charge in [0, 0.05) is 36.3 Å². The lowest BCUT2D eigenvalue weighted by atomic mass is 10.1. The van der Waals surface area contributed by atoms with Gasteiger partial charge in [-0.2, -0.15) is 0 Å². The molecule has 0 spiro atoms. The van der Waals surface area contributed by atoms with Crippen molar-refractivity contribution in [3.63, 3.8) is 0 Å². The Morgan fingerprint density at radius 2 is 1.83 bits per heavy atom. The largest absolute Gasteiger partial charge is 0.363 e. The van der Waals surface area contributed by atoms with Crippen LogP contribution in [0.1, 0.15) is 19.3 Å². The van der Waals surface area contributed by atoms with Crippen LogP contribution < -0.4 is 10.2 Å². The number of aromatic nitrogens is 1. The summed E-state index contributed by atoms with van der Waals surface area (Å²) in [6, 6.07) is 18.0. The Labute approximate surface area is 174 Å². The van der Waals surface area contributed by atoms with Crippen LogP contribution in [0.5, 0.6) is 0 Å². The number of pyridine rings is 1. The molecule has 1 saturated heterocycles. The molecule has 0 aliphatic carbocycles. The number of rotatable bonds is 7. The number of fused-ring (bicyclic) bond motifs is 1. The molecule has 29 heavy (non-hydrogen) atoms.